The highest BCUT2D eigenvalue weighted by molar-refractivity contribution is 7.15. The highest BCUT2D eigenvalue weighted by atomic mass is 32.1. The SMILES string of the molecule is CCc1ccccc1-c1ncc(CNC(C)C)s1. The van der Waals surface area contributed by atoms with E-state index in [0.717, 1.165) is 18.0 Å². The van der Waals surface area contributed by atoms with Gasteiger partial charge in [0.05, 0.1) is 0 Å². The topological polar surface area (TPSA) is 24.9 Å². The summed E-state index contributed by atoms with van der Waals surface area (Å²) in [5, 5.41) is 4.56. The molecule has 0 saturated carbocycles. The molecule has 0 fully saturated rings. The molecule has 96 valence electrons. The van der Waals surface area contributed by atoms with Crippen LogP contribution in [-0.2, 0) is 13.0 Å². The third kappa shape index (κ3) is 3.18. The average molecular weight is 260 g/mol. The Balaban J connectivity index is 2.18. The van der Waals surface area contributed by atoms with Crippen molar-refractivity contribution >= 4 is 11.3 Å². The fraction of sp³-hybridized carbons (Fsp3) is 0.400. The number of aryl methyl sites for hydroxylation is 1. The molecule has 0 unspecified atom stereocenters. The first kappa shape index (κ1) is 13.2. The summed E-state index contributed by atoms with van der Waals surface area (Å²) < 4.78 is 0. The van der Waals surface area contributed by atoms with Gasteiger partial charge in [0.25, 0.3) is 0 Å². The van der Waals surface area contributed by atoms with Gasteiger partial charge in [0.1, 0.15) is 5.01 Å². The van der Waals surface area contributed by atoms with Crippen LogP contribution in [0, 0.1) is 0 Å². The Morgan fingerprint density at radius 2 is 2.06 bits per heavy atom. The van der Waals surface area contributed by atoms with Gasteiger partial charge in [0.15, 0.2) is 0 Å². The lowest BCUT2D eigenvalue weighted by molar-refractivity contribution is 0.593. The first-order valence-electron chi connectivity index (χ1n) is 6.47. The van der Waals surface area contributed by atoms with Crippen molar-refractivity contribution in [1.82, 2.24) is 10.3 Å². The normalized spacial score (nSPS) is 11.1. The maximum atomic E-state index is 4.55. The summed E-state index contributed by atoms with van der Waals surface area (Å²) in [6.07, 6.45) is 3.04. The standard InChI is InChI=1S/C15H20N2S/c1-4-12-7-5-6-8-14(12)15-17-10-13(18-15)9-16-11(2)3/h5-8,10-11,16H,4,9H2,1-3H3. The third-order valence-electron chi connectivity index (χ3n) is 2.87. The van der Waals surface area contributed by atoms with Crippen molar-refractivity contribution < 1.29 is 0 Å². The van der Waals surface area contributed by atoms with E-state index in [2.05, 4.69) is 55.3 Å². The van der Waals surface area contributed by atoms with E-state index in [1.54, 1.807) is 11.3 Å². The van der Waals surface area contributed by atoms with Crippen molar-refractivity contribution in [3.63, 3.8) is 0 Å². The summed E-state index contributed by atoms with van der Waals surface area (Å²) in [6, 6.07) is 9.04. The lowest BCUT2D eigenvalue weighted by atomic mass is 10.1. The van der Waals surface area contributed by atoms with Gasteiger partial charge < -0.3 is 5.32 Å². The molecule has 1 heterocycles. The molecule has 18 heavy (non-hydrogen) atoms. The number of nitrogens with zero attached hydrogens (tertiary/aromatic N) is 1. The zero-order valence-corrected chi connectivity index (χ0v) is 12.1. The summed E-state index contributed by atoms with van der Waals surface area (Å²) in [7, 11) is 0. The number of nitrogens with one attached hydrogen (secondary N) is 1. The van der Waals surface area contributed by atoms with Crippen molar-refractivity contribution in [3.8, 4) is 10.6 Å². The Hall–Kier alpha value is -1.19. The molecule has 0 atom stereocenters. The number of benzene rings is 1. The van der Waals surface area contributed by atoms with Crippen LogP contribution in [0.2, 0.25) is 0 Å². The van der Waals surface area contributed by atoms with Crippen molar-refractivity contribution in [3.05, 3.63) is 40.9 Å². The van der Waals surface area contributed by atoms with Gasteiger partial charge in [-0.1, -0.05) is 45.0 Å². The minimum absolute atomic E-state index is 0.512. The molecule has 0 amide bonds. The van der Waals surface area contributed by atoms with Gasteiger partial charge in [-0.05, 0) is 12.0 Å². The van der Waals surface area contributed by atoms with E-state index >= 15 is 0 Å². The van der Waals surface area contributed by atoms with Crippen molar-refractivity contribution in [2.24, 2.45) is 0 Å². The Bertz CT molecular complexity index is 503. The van der Waals surface area contributed by atoms with Gasteiger partial charge >= 0.3 is 0 Å². The summed E-state index contributed by atoms with van der Waals surface area (Å²) in [5.41, 5.74) is 2.65. The first-order valence-corrected chi connectivity index (χ1v) is 7.28. The lowest BCUT2D eigenvalue weighted by Crippen LogP contribution is -2.21. The van der Waals surface area contributed by atoms with Crippen LogP contribution in [0.15, 0.2) is 30.5 Å². The van der Waals surface area contributed by atoms with E-state index < -0.39 is 0 Å². The van der Waals surface area contributed by atoms with Gasteiger partial charge in [-0.25, -0.2) is 4.98 Å². The summed E-state index contributed by atoms with van der Waals surface area (Å²) >= 11 is 1.78. The number of hydrogen-bond donors (Lipinski definition) is 1. The number of hydrogen-bond acceptors (Lipinski definition) is 3. The fourth-order valence-corrected chi connectivity index (χ4v) is 2.78. The van der Waals surface area contributed by atoms with E-state index in [1.807, 2.05) is 6.20 Å². The predicted molar refractivity (Wildman–Crippen MR) is 78.9 cm³/mol. The molecule has 0 radical (unpaired) electrons. The Morgan fingerprint density at radius 1 is 1.28 bits per heavy atom. The van der Waals surface area contributed by atoms with Crippen LogP contribution in [0.25, 0.3) is 10.6 Å². The average Bonchev–Trinajstić information content (AvgIpc) is 2.85. The van der Waals surface area contributed by atoms with Gasteiger partial charge in [0, 0.05) is 29.2 Å². The molecule has 1 aromatic heterocycles. The van der Waals surface area contributed by atoms with Crippen LogP contribution in [0.4, 0.5) is 0 Å². The first-order chi connectivity index (χ1) is 8.70. The second-order valence-electron chi connectivity index (χ2n) is 4.68. The van der Waals surface area contributed by atoms with Crippen molar-refractivity contribution in [2.75, 3.05) is 0 Å². The van der Waals surface area contributed by atoms with E-state index in [1.165, 1.54) is 16.0 Å². The summed E-state index contributed by atoms with van der Waals surface area (Å²) in [5.74, 6) is 0. The zero-order chi connectivity index (χ0) is 13.0. The Morgan fingerprint density at radius 3 is 2.78 bits per heavy atom. The highest BCUT2D eigenvalue weighted by Crippen LogP contribution is 2.28. The monoisotopic (exact) mass is 260 g/mol. The zero-order valence-electron chi connectivity index (χ0n) is 11.2. The maximum Gasteiger partial charge on any atom is 0.123 e. The largest absolute Gasteiger partial charge is 0.310 e. The van der Waals surface area contributed by atoms with Crippen LogP contribution in [0.1, 0.15) is 31.2 Å². The third-order valence-corrected chi connectivity index (χ3v) is 3.90. The molecule has 3 heteroatoms. The van der Waals surface area contributed by atoms with Crippen LogP contribution in [0.5, 0.6) is 0 Å². The second-order valence-corrected chi connectivity index (χ2v) is 5.79. The number of thiazole rings is 1. The smallest absolute Gasteiger partial charge is 0.123 e. The van der Waals surface area contributed by atoms with Crippen LogP contribution < -0.4 is 5.32 Å². The maximum absolute atomic E-state index is 4.55. The molecule has 2 rings (SSSR count). The Kier molecular flexibility index (Phi) is 4.50. The fourth-order valence-electron chi connectivity index (χ4n) is 1.86. The van der Waals surface area contributed by atoms with Gasteiger partial charge in [-0.15, -0.1) is 11.3 Å². The molecule has 2 nitrogen and oxygen atoms in total. The van der Waals surface area contributed by atoms with E-state index in [0.29, 0.717) is 6.04 Å². The van der Waals surface area contributed by atoms with E-state index in [4.69, 9.17) is 0 Å². The molecule has 0 spiro atoms. The molecule has 0 saturated heterocycles. The molecule has 0 aliphatic heterocycles. The molecule has 0 aliphatic rings. The molecule has 2 aromatic rings. The van der Waals surface area contributed by atoms with Gasteiger partial charge in [-0.3, -0.25) is 0 Å². The predicted octanol–water partition coefficient (Wildman–Crippen LogP) is 3.87. The van der Waals surface area contributed by atoms with Crippen LogP contribution >= 0.6 is 11.3 Å². The minimum atomic E-state index is 0.512. The summed E-state index contributed by atoms with van der Waals surface area (Å²) in [6.45, 7) is 7.42. The van der Waals surface area contributed by atoms with Crippen LogP contribution in [-0.4, -0.2) is 11.0 Å². The second kappa shape index (κ2) is 6.12. The van der Waals surface area contributed by atoms with Crippen molar-refractivity contribution in [1.29, 1.82) is 0 Å². The molecule has 0 bridgehead atoms. The number of rotatable bonds is 5. The highest BCUT2D eigenvalue weighted by Gasteiger charge is 2.08. The quantitative estimate of drug-likeness (QED) is 0.882. The van der Waals surface area contributed by atoms with Gasteiger partial charge in [0.2, 0.25) is 0 Å². The number of aromatic nitrogens is 1. The Labute approximate surface area is 113 Å². The molecule has 1 aromatic carbocycles. The summed E-state index contributed by atoms with van der Waals surface area (Å²) in [4.78, 5) is 5.85. The lowest BCUT2D eigenvalue weighted by Gasteiger charge is -2.05. The molecular weight excluding hydrogens is 240 g/mol. The molecule has 0 aliphatic carbocycles. The van der Waals surface area contributed by atoms with Gasteiger partial charge in [-0.2, -0.15) is 0 Å². The minimum Gasteiger partial charge on any atom is -0.310 e. The van der Waals surface area contributed by atoms with Crippen molar-refractivity contribution in [2.45, 2.75) is 39.8 Å². The van der Waals surface area contributed by atoms with E-state index in [-0.39, 0.29) is 0 Å². The molecule has 1 N–H and O–H groups in total. The van der Waals surface area contributed by atoms with E-state index in [9.17, 15) is 0 Å². The van der Waals surface area contributed by atoms with Crippen LogP contribution in [0.3, 0.4) is 0 Å². The molecular formula is C15H20N2S.